The average molecular weight is 583 g/mol. The summed E-state index contributed by atoms with van der Waals surface area (Å²) < 4.78 is 16.1. The number of urea groups is 1. The Kier molecular flexibility index (Phi) is 11.0. The number of nitrogens with zero attached hydrogens (tertiary/aromatic N) is 1. The van der Waals surface area contributed by atoms with E-state index in [1.165, 1.54) is 14.2 Å². The Morgan fingerprint density at radius 3 is 2.37 bits per heavy atom. The van der Waals surface area contributed by atoms with Crippen LogP contribution in [0.5, 0.6) is 11.5 Å². The van der Waals surface area contributed by atoms with Crippen LogP contribution in [0.3, 0.4) is 0 Å². The molecule has 1 saturated heterocycles. The summed E-state index contributed by atoms with van der Waals surface area (Å²) in [6, 6.07) is 18.6. The fourth-order valence-electron chi connectivity index (χ4n) is 4.63. The van der Waals surface area contributed by atoms with Gasteiger partial charge in [0.1, 0.15) is 18.1 Å². The quantitative estimate of drug-likeness (QED) is 0.318. The van der Waals surface area contributed by atoms with Crippen LogP contribution >= 0.6 is 12.4 Å². The highest BCUT2D eigenvalue weighted by atomic mass is 35.5. The van der Waals surface area contributed by atoms with Crippen molar-refractivity contribution in [3.63, 3.8) is 0 Å². The second kappa shape index (κ2) is 14.4. The van der Waals surface area contributed by atoms with E-state index in [1.54, 1.807) is 47.4 Å². The number of esters is 1. The largest absolute Gasteiger partial charge is 0.495 e. The number of halogens is 1. The van der Waals surface area contributed by atoms with Crippen LogP contribution in [0.25, 0.3) is 0 Å². The highest BCUT2D eigenvalue weighted by Gasteiger charge is 2.34. The van der Waals surface area contributed by atoms with Crippen LogP contribution in [0.4, 0.5) is 16.2 Å². The maximum absolute atomic E-state index is 13.3. The van der Waals surface area contributed by atoms with Gasteiger partial charge in [0.25, 0.3) is 0 Å². The van der Waals surface area contributed by atoms with Crippen molar-refractivity contribution in [3.05, 3.63) is 83.4 Å². The summed E-state index contributed by atoms with van der Waals surface area (Å²) in [7, 11) is 2.84. The summed E-state index contributed by atoms with van der Waals surface area (Å²) >= 11 is 0. The molecule has 0 radical (unpaired) electrons. The van der Waals surface area contributed by atoms with Crippen LogP contribution in [0.2, 0.25) is 0 Å². The second-order valence-electron chi connectivity index (χ2n) is 9.63. The molecule has 4 N–H and O–H groups in total. The molecule has 3 aromatic carbocycles. The van der Waals surface area contributed by atoms with E-state index in [2.05, 4.69) is 10.6 Å². The van der Waals surface area contributed by atoms with Crippen molar-refractivity contribution >= 4 is 41.7 Å². The summed E-state index contributed by atoms with van der Waals surface area (Å²) in [5, 5.41) is 5.63. The number of rotatable bonds is 9. The van der Waals surface area contributed by atoms with Gasteiger partial charge in [-0.3, -0.25) is 4.79 Å². The van der Waals surface area contributed by atoms with Gasteiger partial charge < -0.3 is 35.5 Å². The summed E-state index contributed by atoms with van der Waals surface area (Å²) in [6.07, 6.45) is 0.761. The predicted octanol–water partition coefficient (Wildman–Crippen LogP) is 4.41. The summed E-state index contributed by atoms with van der Waals surface area (Å²) in [5.41, 5.74) is 9.50. The highest BCUT2D eigenvalue weighted by Crippen LogP contribution is 2.27. The van der Waals surface area contributed by atoms with E-state index in [0.29, 0.717) is 41.4 Å². The van der Waals surface area contributed by atoms with Crippen LogP contribution in [0.1, 0.15) is 27.9 Å². The van der Waals surface area contributed by atoms with Gasteiger partial charge in [-0.2, -0.15) is 0 Å². The molecule has 1 fully saturated rings. The first kappa shape index (κ1) is 31.3. The molecule has 0 unspecified atom stereocenters. The molecule has 0 aromatic heterocycles. The van der Waals surface area contributed by atoms with Crippen molar-refractivity contribution in [2.45, 2.75) is 31.8 Å². The van der Waals surface area contributed by atoms with Crippen molar-refractivity contribution in [1.29, 1.82) is 0 Å². The zero-order valence-corrected chi connectivity index (χ0v) is 24.0. The van der Waals surface area contributed by atoms with Crippen molar-refractivity contribution in [3.8, 4) is 11.5 Å². The molecular weight excluding hydrogens is 548 g/mol. The first-order valence-corrected chi connectivity index (χ1v) is 12.9. The number of para-hydroxylation sites is 1. The molecule has 218 valence electrons. The standard InChI is InChI=1S/C30H34N4O6.ClH/c1-19-6-4-5-7-25(19)32-30(37)33-26-13-8-20(14-27(26)38-2)15-28(35)34-17-22(31)16-23(34)18-40-24-11-9-21(10-12-24)29(36)39-3;/h4-14,22-23H,15-18,31H2,1-3H3,(H2,32,33,37);1H/t22-,23+;/m1./s1. The van der Waals surface area contributed by atoms with Gasteiger partial charge in [-0.15, -0.1) is 12.4 Å². The van der Waals surface area contributed by atoms with Crippen molar-refractivity contribution in [2.24, 2.45) is 5.73 Å². The van der Waals surface area contributed by atoms with Crippen molar-refractivity contribution in [1.82, 2.24) is 4.90 Å². The third-order valence-electron chi connectivity index (χ3n) is 6.75. The number of hydrogen-bond donors (Lipinski definition) is 3. The molecule has 0 aliphatic carbocycles. The number of nitrogens with one attached hydrogen (secondary N) is 2. The number of methoxy groups -OCH3 is 2. The molecule has 1 aliphatic heterocycles. The average Bonchev–Trinajstić information content (AvgIpc) is 3.34. The summed E-state index contributed by atoms with van der Waals surface area (Å²) in [5.74, 6) is 0.525. The maximum Gasteiger partial charge on any atom is 0.337 e. The molecule has 3 amide bonds. The van der Waals surface area contributed by atoms with Crippen molar-refractivity contribution in [2.75, 3.05) is 38.0 Å². The minimum absolute atomic E-state index is 0. The highest BCUT2D eigenvalue weighted by molar-refractivity contribution is 6.01. The molecule has 0 saturated carbocycles. The molecule has 1 aliphatic rings. The predicted molar refractivity (Wildman–Crippen MR) is 159 cm³/mol. The Labute approximate surface area is 245 Å². The van der Waals surface area contributed by atoms with Gasteiger partial charge >= 0.3 is 12.0 Å². The van der Waals surface area contributed by atoms with Crippen molar-refractivity contribution < 1.29 is 28.6 Å². The topological polar surface area (TPSA) is 132 Å². The lowest BCUT2D eigenvalue weighted by Gasteiger charge is -2.25. The number of amides is 3. The number of aryl methyl sites for hydroxylation is 1. The molecule has 3 aromatic rings. The summed E-state index contributed by atoms with van der Waals surface area (Å²) in [4.78, 5) is 39.2. The Hall–Kier alpha value is -4.28. The van der Waals surface area contributed by atoms with E-state index >= 15 is 0 Å². The third-order valence-corrected chi connectivity index (χ3v) is 6.75. The molecule has 41 heavy (non-hydrogen) atoms. The molecule has 2 atom stereocenters. The molecule has 0 spiro atoms. The van der Waals surface area contributed by atoms with Gasteiger partial charge in [-0.05, 0) is 66.9 Å². The number of hydrogen-bond acceptors (Lipinski definition) is 7. The van der Waals surface area contributed by atoms with Gasteiger partial charge in [-0.25, -0.2) is 9.59 Å². The van der Waals surface area contributed by atoms with Crippen LogP contribution in [-0.2, 0) is 16.0 Å². The first-order chi connectivity index (χ1) is 19.3. The lowest BCUT2D eigenvalue weighted by atomic mass is 10.1. The molecular formula is C30H35ClN4O6. The van der Waals surface area contributed by atoms with Gasteiger partial charge in [0.05, 0.1) is 37.9 Å². The summed E-state index contributed by atoms with van der Waals surface area (Å²) in [6.45, 7) is 2.62. The van der Waals surface area contributed by atoms with Crippen LogP contribution in [0, 0.1) is 6.92 Å². The second-order valence-corrected chi connectivity index (χ2v) is 9.63. The van der Waals surface area contributed by atoms with Gasteiger partial charge in [0, 0.05) is 18.3 Å². The van der Waals surface area contributed by atoms with E-state index in [-0.39, 0.29) is 43.4 Å². The van der Waals surface area contributed by atoms with E-state index < -0.39 is 12.0 Å². The molecule has 1 heterocycles. The normalized spacial score (nSPS) is 15.9. The van der Waals surface area contributed by atoms with Gasteiger partial charge in [-0.1, -0.05) is 24.3 Å². The molecule has 11 heteroatoms. The third kappa shape index (κ3) is 8.12. The van der Waals surface area contributed by atoms with Crippen LogP contribution in [-0.4, -0.2) is 62.3 Å². The lowest BCUT2D eigenvalue weighted by Crippen LogP contribution is -2.40. The lowest BCUT2D eigenvalue weighted by molar-refractivity contribution is -0.131. The zero-order chi connectivity index (χ0) is 28.6. The smallest absolute Gasteiger partial charge is 0.337 e. The number of anilines is 2. The Morgan fingerprint density at radius 2 is 1.68 bits per heavy atom. The molecule has 4 rings (SSSR count). The minimum atomic E-state index is -0.420. The van der Waals surface area contributed by atoms with E-state index in [1.807, 2.05) is 31.2 Å². The number of carbonyl (C=O) groups is 3. The Bertz CT molecular complexity index is 1370. The van der Waals surface area contributed by atoms with E-state index in [0.717, 1.165) is 11.1 Å². The number of ether oxygens (including phenoxy) is 3. The zero-order valence-electron chi connectivity index (χ0n) is 23.2. The molecule has 10 nitrogen and oxygen atoms in total. The van der Waals surface area contributed by atoms with Gasteiger partial charge in [0.15, 0.2) is 0 Å². The van der Waals surface area contributed by atoms with E-state index in [9.17, 15) is 14.4 Å². The molecule has 0 bridgehead atoms. The van der Waals surface area contributed by atoms with E-state index in [4.69, 9.17) is 19.9 Å². The fourth-order valence-corrected chi connectivity index (χ4v) is 4.63. The maximum atomic E-state index is 13.3. The number of benzene rings is 3. The SMILES string of the molecule is COC(=O)c1ccc(OC[C@@H]2C[C@@H](N)CN2C(=O)Cc2ccc(NC(=O)Nc3ccccc3C)c(OC)c2)cc1.Cl. The first-order valence-electron chi connectivity index (χ1n) is 12.9. The van der Waals surface area contributed by atoms with Crippen LogP contribution in [0.15, 0.2) is 66.7 Å². The van der Waals surface area contributed by atoms with Crippen LogP contribution < -0.4 is 25.8 Å². The van der Waals surface area contributed by atoms with Gasteiger partial charge in [0.2, 0.25) is 5.91 Å². The Morgan fingerprint density at radius 1 is 0.976 bits per heavy atom. The monoisotopic (exact) mass is 582 g/mol. The minimum Gasteiger partial charge on any atom is -0.495 e. The number of nitrogens with two attached hydrogens (primary N) is 1. The number of carbonyl (C=O) groups excluding carboxylic acids is 3. The Balaban J connectivity index is 0.00000462. The fraction of sp³-hybridized carbons (Fsp3) is 0.300. The number of likely N-dealkylation sites (tertiary alicyclic amines) is 1.